The van der Waals surface area contributed by atoms with Crippen molar-refractivity contribution < 1.29 is 9.18 Å². The van der Waals surface area contributed by atoms with Crippen LogP contribution in [0.5, 0.6) is 0 Å². The molecule has 0 bridgehead atoms. The first-order valence-electron chi connectivity index (χ1n) is 5.72. The van der Waals surface area contributed by atoms with Gasteiger partial charge in [0.2, 0.25) is 0 Å². The molecule has 2 rings (SSSR count). The highest BCUT2D eigenvalue weighted by Gasteiger charge is 2.26. The zero-order valence-electron chi connectivity index (χ0n) is 9.98. The second kappa shape index (κ2) is 4.79. The van der Waals surface area contributed by atoms with Gasteiger partial charge in [0.1, 0.15) is 0 Å². The number of piperazine rings is 1. The van der Waals surface area contributed by atoms with Crippen molar-refractivity contribution in [1.82, 2.24) is 15.2 Å². The first kappa shape index (κ1) is 12.0. The van der Waals surface area contributed by atoms with Gasteiger partial charge in [-0.05, 0) is 19.9 Å². The highest BCUT2D eigenvalue weighted by Crippen LogP contribution is 2.12. The number of rotatable bonds is 1. The molecule has 1 amide bonds. The van der Waals surface area contributed by atoms with Gasteiger partial charge in [0, 0.05) is 31.4 Å². The van der Waals surface area contributed by atoms with E-state index < -0.39 is 5.82 Å². The van der Waals surface area contributed by atoms with Gasteiger partial charge in [-0.3, -0.25) is 9.78 Å². The van der Waals surface area contributed by atoms with Crippen LogP contribution in [0.3, 0.4) is 0 Å². The highest BCUT2D eigenvalue weighted by molar-refractivity contribution is 5.94. The molecule has 4 nitrogen and oxygen atoms in total. The molecule has 17 heavy (non-hydrogen) atoms. The molecule has 0 spiro atoms. The van der Waals surface area contributed by atoms with Crippen molar-refractivity contribution in [3.63, 3.8) is 0 Å². The van der Waals surface area contributed by atoms with Gasteiger partial charge in [0.25, 0.3) is 5.91 Å². The highest BCUT2D eigenvalue weighted by atomic mass is 19.1. The van der Waals surface area contributed by atoms with Crippen molar-refractivity contribution >= 4 is 5.91 Å². The van der Waals surface area contributed by atoms with Crippen LogP contribution in [0.15, 0.2) is 18.5 Å². The standard InChI is InChI=1S/C12H16FN3O/c1-8-6-16(7-9(2)15-8)12(17)10-3-4-14-5-11(10)13/h3-5,8-9,15H,6-7H2,1-2H3/t8-,9+. The minimum Gasteiger partial charge on any atom is -0.335 e. The van der Waals surface area contributed by atoms with E-state index >= 15 is 0 Å². The lowest BCUT2D eigenvalue weighted by Gasteiger charge is -2.36. The fourth-order valence-electron chi connectivity index (χ4n) is 2.21. The van der Waals surface area contributed by atoms with Gasteiger partial charge in [-0.25, -0.2) is 4.39 Å². The molecule has 2 heterocycles. The molecule has 0 radical (unpaired) electrons. The van der Waals surface area contributed by atoms with Crippen LogP contribution < -0.4 is 5.32 Å². The zero-order chi connectivity index (χ0) is 12.4. The molecule has 2 atom stereocenters. The normalized spacial score (nSPS) is 24.8. The quantitative estimate of drug-likeness (QED) is 0.794. The van der Waals surface area contributed by atoms with Crippen molar-refractivity contribution in [3.05, 3.63) is 29.8 Å². The molecule has 1 aliphatic rings. The first-order chi connectivity index (χ1) is 8.08. The average Bonchev–Trinajstić information content (AvgIpc) is 2.27. The fourth-order valence-corrected chi connectivity index (χ4v) is 2.21. The van der Waals surface area contributed by atoms with E-state index in [1.54, 1.807) is 4.90 Å². The third kappa shape index (κ3) is 2.61. The number of pyridine rings is 1. The predicted octanol–water partition coefficient (Wildman–Crippen LogP) is 1.04. The Morgan fingerprint density at radius 3 is 2.71 bits per heavy atom. The number of hydrogen-bond donors (Lipinski definition) is 1. The Morgan fingerprint density at radius 1 is 1.47 bits per heavy atom. The number of amides is 1. The summed E-state index contributed by atoms with van der Waals surface area (Å²) in [6.45, 7) is 5.23. The van der Waals surface area contributed by atoms with Crippen molar-refractivity contribution in [1.29, 1.82) is 0 Å². The number of halogens is 1. The summed E-state index contributed by atoms with van der Waals surface area (Å²) >= 11 is 0. The third-order valence-electron chi connectivity index (χ3n) is 2.85. The fraction of sp³-hybridized carbons (Fsp3) is 0.500. The van der Waals surface area contributed by atoms with E-state index in [9.17, 15) is 9.18 Å². The molecule has 1 aliphatic heterocycles. The third-order valence-corrected chi connectivity index (χ3v) is 2.85. The maximum Gasteiger partial charge on any atom is 0.257 e. The number of aromatic nitrogens is 1. The Bertz CT molecular complexity index is 414. The topological polar surface area (TPSA) is 45.2 Å². The van der Waals surface area contributed by atoms with Gasteiger partial charge < -0.3 is 10.2 Å². The molecular formula is C12H16FN3O. The minimum absolute atomic E-state index is 0.0984. The monoisotopic (exact) mass is 237 g/mol. The lowest BCUT2D eigenvalue weighted by atomic mass is 10.1. The lowest BCUT2D eigenvalue weighted by molar-refractivity contribution is 0.0669. The molecule has 92 valence electrons. The number of hydrogen-bond acceptors (Lipinski definition) is 3. The van der Waals surface area contributed by atoms with Gasteiger partial charge in [-0.1, -0.05) is 0 Å². The molecule has 0 unspecified atom stereocenters. The van der Waals surface area contributed by atoms with Crippen molar-refractivity contribution in [2.75, 3.05) is 13.1 Å². The average molecular weight is 237 g/mol. The Labute approximate surface area is 99.8 Å². The molecule has 0 saturated carbocycles. The Balaban J connectivity index is 2.17. The molecule has 1 N–H and O–H groups in total. The number of carbonyl (C=O) groups is 1. The SMILES string of the molecule is C[C@@H]1CN(C(=O)c2ccncc2F)C[C@H](C)N1. The van der Waals surface area contributed by atoms with Crippen molar-refractivity contribution in [2.24, 2.45) is 0 Å². The van der Waals surface area contributed by atoms with Gasteiger partial charge in [0.15, 0.2) is 5.82 Å². The van der Waals surface area contributed by atoms with Crippen molar-refractivity contribution in [3.8, 4) is 0 Å². The summed E-state index contributed by atoms with van der Waals surface area (Å²) < 4.78 is 13.5. The van der Waals surface area contributed by atoms with Crippen LogP contribution in [-0.2, 0) is 0 Å². The van der Waals surface area contributed by atoms with Gasteiger partial charge in [0.05, 0.1) is 11.8 Å². The number of nitrogens with zero attached hydrogens (tertiary/aromatic N) is 2. The zero-order valence-corrected chi connectivity index (χ0v) is 9.98. The Morgan fingerprint density at radius 2 is 2.12 bits per heavy atom. The van der Waals surface area contributed by atoms with Gasteiger partial charge in [-0.2, -0.15) is 0 Å². The van der Waals surface area contributed by atoms with Crippen LogP contribution in [0.4, 0.5) is 4.39 Å². The Kier molecular flexibility index (Phi) is 3.38. The summed E-state index contributed by atoms with van der Waals surface area (Å²) in [6.07, 6.45) is 2.51. The van der Waals surface area contributed by atoms with Gasteiger partial charge >= 0.3 is 0 Å². The molecule has 0 aromatic carbocycles. The van der Waals surface area contributed by atoms with E-state index in [0.29, 0.717) is 13.1 Å². The molecule has 5 heteroatoms. The molecule has 1 saturated heterocycles. The van der Waals surface area contributed by atoms with E-state index in [1.165, 1.54) is 12.3 Å². The van der Waals surface area contributed by atoms with E-state index in [0.717, 1.165) is 6.20 Å². The number of carbonyl (C=O) groups excluding carboxylic acids is 1. The van der Waals surface area contributed by atoms with E-state index in [2.05, 4.69) is 10.3 Å². The van der Waals surface area contributed by atoms with E-state index in [4.69, 9.17) is 0 Å². The summed E-state index contributed by atoms with van der Waals surface area (Å²) in [5.41, 5.74) is 0.0984. The van der Waals surface area contributed by atoms with Crippen LogP contribution in [0.25, 0.3) is 0 Å². The van der Waals surface area contributed by atoms with Crippen LogP contribution >= 0.6 is 0 Å². The lowest BCUT2D eigenvalue weighted by Crippen LogP contribution is -2.55. The summed E-state index contributed by atoms with van der Waals surface area (Å²) in [5.74, 6) is -0.818. The maximum atomic E-state index is 13.5. The van der Waals surface area contributed by atoms with E-state index in [1.807, 2.05) is 13.8 Å². The van der Waals surface area contributed by atoms with Crippen LogP contribution in [0, 0.1) is 5.82 Å². The van der Waals surface area contributed by atoms with Crippen LogP contribution in [0.1, 0.15) is 24.2 Å². The number of nitrogens with one attached hydrogen (secondary N) is 1. The molecule has 1 aromatic heterocycles. The molecule has 1 aromatic rings. The van der Waals surface area contributed by atoms with Crippen molar-refractivity contribution in [2.45, 2.75) is 25.9 Å². The smallest absolute Gasteiger partial charge is 0.257 e. The van der Waals surface area contributed by atoms with Crippen LogP contribution in [0.2, 0.25) is 0 Å². The van der Waals surface area contributed by atoms with Crippen LogP contribution in [-0.4, -0.2) is 41.0 Å². The van der Waals surface area contributed by atoms with E-state index in [-0.39, 0.29) is 23.6 Å². The first-order valence-corrected chi connectivity index (χ1v) is 5.72. The Hall–Kier alpha value is -1.49. The summed E-state index contributed by atoms with van der Waals surface area (Å²) in [7, 11) is 0. The van der Waals surface area contributed by atoms with Gasteiger partial charge in [-0.15, -0.1) is 0 Å². The summed E-state index contributed by atoms with van der Waals surface area (Å²) in [4.78, 5) is 17.5. The second-order valence-corrected chi connectivity index (χ2v) is 4.53. The second-order valence-electron chi connectivity index (χ2n) is 4.53. The largest absolute Gasteiger partial charge is 0.335 e. The maximum absolute atomic E-state index is 13.5. The molecule has 1 fully saturated rings. The summed E-state index contributed by atoms with van der Waals surface area (Å²) in [5, 5.41) is 3.33. The predicted molar refractivity (Wildman–Crippen MR) is 62.2 cm³/mol. The summed E-state index contributed by atoms with van der Waals surface area (Å²) in [6, 6.07) is 1.88. The minimum atomic E-state index is -0.559. The molecular weight excluding hydrogens is 221 g/mol. The molecule has 0 aliphatic carbocycles.